The highest BCUT2D eigenvalue weighted by Gasteiger charge is 2.41. The monoisotopic (exact) mass is 827 g/mol. The molecule has 6 heteroatoms. The van der Waals surface area contributed by atoms with Crippen molar-refractivity contribution in [2.75, 3.05) is 0 Å². The van der Waals surface area contributed by atoms with E-state index in [1.54, 1.807) is 0 Å². The standard InChI is InChI=1S/C57H45N5Si/c1-5-20-40(21-6-1)41-36-37-54-50(39-41)49-32-15-18-35-53(49)62(54)57-59-55(58-56(60-57)61-51-33-16-13-30-47(51)48-31-14-17-34-52(48)61)42-22-19-29-46(38-42)63(43-23-7-2-8-24-43,44-25-9-3-10-26-44)45-27-11-4-12-28-45/h2-4,7-19,22-40H,1,5-6,20-21H2. The van der Waals surface area contributed by atoms with Crippen molar-refractivity contribution in [3.05, 3.63) is 212 Å². The second-order valence-electron chi connectivity index (χ2n) is 17.0. The Morgan fingerprint density at radius 3 is 1.33 bits per heavy atom. The zero-order valence-electron chi connectivity index (χ0n) is 35.0. The van der Waals surface area contributed by atoms with Crippen molar-refractivity contribution >= 4 is 72.4 Å². The molecule has 0 atom stereocenters. The SMILES string of the molecule is c1ccc([Si](c2ccccc2)(c2ccccc2)c2cccc(-c3nc(-n4c5ccccc5c5ccccc54)nc(-n4c5ccccc5c5cc(C6CCCCC6)ccc54)n3)c2)cc1. The van der Waals surface area contributed by atoms with E-state index < -0.39 is 8.07 Å². The molecule has 0 amide bonds. The van der Waals surface area contributed by atoms with Crippen molar-refractivity contribution in [2.24, 2.45) is 0 Å². The fourth-order valence-electron chi connectivity index (χ4n) is 10.7. The van der Waals surface area contributed by atoms with E-state index in [1.165, 1.54) is 69.2 Å². The molecule has 5 nitrogen and oxygen atoms in total. The van der Waals surface area contributed by atoms with Crippen molar-refractivity contribution in [1.29, 1.82) is 0 Å². The second kappa shape index (κ2) is 15.5. The molecule has 0 spiro atoms. The first-order valence-electron chi connectivity index (χ1n) is 22.3. The maximum Gasteiger partial charge on any atom is 0.240 e. The Morgan fingerprint density at radius 1 is 0.365 bits per heavy atom. The van der Waals surface area contributed by atoms with Crippen LogP contribution in [0.15, 0.2) is 206 Å². The number of para-hydroxylation sites is 3. The van der Waals surface area contributed by atoms with Gasteiger partial charge in [0.05, 0.1) is 22.1 Å². The average Bonchev–Trinajstić information content (AvgIpc) is 3.88. The molecular weight excluding hydrogens is 783 g/mol. The minimum atomic E-state index is -2.84. The predicted octanol–water partition coefficient (Wildman–Crippen LogP) is 11.2. The van der Waals surface area contributed by atoms with Gasteiger partial charge in [0.2, 0.25) is 11.9 Å². The third-order valence-electron chi connectivity index (χ3n) is 13.5. The van der Waals surface area contributed by atoms with Gasteiger partial charge in [0.1, 0.15) is 0 Å². The van der Waals surface area contributed by atoms with Gasteiger partial charge in [0, 0.05) is 27.1 Å². The molecule has 3 aromatic heterocycles. The Bertz CT molecular complexity index is 3290. The van der Waals surface area contributed by atoms with Gasteiger partial charge in [-0.1, -0.05) is 195 Å². The van der Waals surface area contributed by atoms with Crippen molar-refractivity contribution < 1.29 is 0 Å². The van der Waals surface area contributed by atoms with Gasteiger partial charge < -0.3 is 0 Å². The van der Waals surface area contributed by atoms with Crippen LogP contribution in [0.3, 0.4) is 0 Å². The summed E-state index contributed by atoms with van der Waals surface area (Å²) in [6.45, 7) is 0. The molecule has 0 aliphatic heterocycles. The summed E-state index contributed by atoms with van der Waals surface area (Å²) in [5, 5.41) is 9.98. The summed E-state index contributed by atoms with van der Waals surface area (Å²) in [4.78, 5) is 16.5. The number of nitrogens with zero attached hydrogens (tertiary/aromatic N) is 5. The average molecular weight is 828 g/mol. The summed E-state index contributed by atoms with van der Waals surface area (Å²) < 4.78 is 4.48. The lowest BCUT2D eigenvalue weighted by Crippen LogP contribution is -2.74. The Balaban J connectivity index is 1.14. The number of hydrogen-bond acceptors (Lipinski definition) is 3. The summed E-state index contributed by atoms with van der Waals surface area (Å²) in [7, 11) is -2.84. The van der Waals surface area contributed by atoms with Crippen molar-refractivity contribution in [1.82, 2.24) is 24.1 Å². The Hall–Kier alpha value is -7.41. The molecular formula is C57H45N5Si. The van der Waals surface area contributed by atoms with Crippen molar-refractivity contribution in [3.8, 4) is 23.3 Å². The third-order valence-corrected chi connectivity index (χ3v) is 18.3. The van der Waals surface area contributed by atoms with Crippen LogP contribution in [-0.4, -0.2) is 32.2 Å². The molecule has 0 saturated heterocycles. The van der Waals surface area contributed by atoms with Crippen LogP contribution in [0.25, 0.3) is 66.9 Å². The predicted molar refractivity (Wildman–Crippen MR) is 263 cm³/mol. The Kier molecular flexibility index (Phi) is 9.19. The van der Waals surface area contributed by atoms with E-state index in [1.807, 2.05) is 0 Å². The molecule has 0 radical (unpaired) electrons. The topological polar surface area (TPSA) is 48.5 Å². The Morgan fingerprint density at radius 2 is 0.810 bits per heavy atom. The number of aromatic nitrogens is 5. The minimum Gasteiger partial charge on any atom is -0.278 e. The van der Waals surface area contributed by atoms with Gasteiger partial charge in [-0.05, 0) is 75.4 Å². The highest BCUT2D eigenvalue weighted by Crippen LogP contribution is 2.38. The first-order chi connectivity index (χ1) is 31.3. The van der Waals surface area contributed by atoms with Gasteiger partial charge in [-0.15, -0.1) is 0 Å². The first-order valence-corrected chi connectivity index (χ1v) is 24.3. The van der Waals surface area contributed by atoms with E-state index >= 15 is 0 Å². The first kappa shape index (κ1) is 37.4. The molecule has 63 heavy (non-hydrogen) atoms. The zero-order chi connectivity index (χ0) is 41.7. The largest absolute Gasteiger partial charge is 0.278 e. The van der Waals surface area contributed by atoms with E-state index in [2.05, 4.69) is 215 Å². The maximum atomic E-state index is 5.51. The second-order valence-corrected chi connectivity index (χ2v) is 20.8. The molecule has 302 valence electrons. The van der Waals surface area contributed by atoms with Crippen LogP contribution in [-0.2, 0) is 0 Å². The summed E-state index contributed by atoms with van der Waals surface area (Å²) in [6, 6.07) is 75.3. The highest BCUT2D eigenvalue weighted by molar-refractivity contribution is 7.19. The molecule has 12 rings (SSSR count). The molecule has 1 aliphatic carbocycles. The van der Waals surface area contributed by atoms with Crippen LogP contribution in [0.4, 0.5) is 0 Å². The van der Waals surface area contributed by atoms with Gasteiger partial charge in [0.25, 0.3) is 0 Å². The van der Waals surface area contributed by atoms with E-state index in [0.717, 1.165) is 38.4 Å². The molecule has 3 heterocycles. The molecule has 8 aromatic carbocycles. The summed E-state index contributed by atoms with van der Waals surface area (Å²) in [6.07, 6.45) is 6.45. The fraction of sp³-hybridized carbons (Fsp3) is 0.105. The van der Waals surface area contributed by atoms with Gasteiger partial charge in [-0.3, -0.25) is 9.13 Å². The fourth-order valence-corrected chi connectivity index (χ4v) is 15.5. The van der Waals surface area contributed by atoms with Gasteiger partial charge in [0.15, 0.2) is 13.9 Å². The van der Waals surface area contributed by atoms with Gasteiger partial charge >= 0.3 is 0 Å². The molecule has 0 bridgehead atoms. The number of benzene rings is 8. The molecule has 11 aromatic rings. The van der Waals surface area contributed by atoms with Gasteiger partial charge in [-0.2, -0.15) is 15.0 Å². The Labute approximate surface area is 368 Å². The maximum absolute atomic E-state index is 5.51. The van der Waals surface area contributed by atoms with E-state index in [-0.39, 0.29) is 0 Å². The van der Waals surface area contributed by atoms with Gasteiger partial charge in [-0.25, -0.2) is 0 Å². The van der Waals surface area contributed by atoms with Crippen LogP contribution < -0.4 is 20.7 Å². The van der Waals surface area contributed by atoms with Crippen LogP contribution in [0.1, 0.15) is 43.6 Å². The lowest BCUT2D eigenvalue weighted by molar-refractivity contribution is 0.444. The molecule has 1 aliphatic rings. The minimum absolute atomic E-state index is 0.584. The molecule has 1 fully saturated rings. The van der Waals surface area contributed by atoms with E-state index in [9.17, 15) is 0 Å². The quantitative estimate of drug-likeness (QED) is 0.113. The van der Waals surface area contributed by atoms with E-state index in [0.29, 0.717) is 23.6 Å². The number of rotatable bonds is 8. The lowest BCUT2D eigenvalue weighted by atomic mass is 9.84. The molecule has 0 unspecified atom stereocenters. The number of hydrogen-bond donors (Lipinski definition) is 0. The zero-order valence-corrected chi connectivity index (χ0v) is 36.0. The van der Waals surface area contributed by atoms with E-state index in [4.69, 9.17) is 15.0 Å². The normalized spacial score (nSPS) is 13.7. The van der Waals surface area contributed by atoms with Crippen LogP contribution in [0.5, 0.6) is 0 Å². The van der Waals surface area contributed by atoms with Crippen molar-refractivity contribution in [2.45, 2.75) is 38.0 Å². The van der Waals surface area contributed by atoms with Crippen LogP contribution in [0, 0.1) is 0 Å². The summed E-state index contributed by atoms with van der Waals surface area (Å²) in [5.41, 5.74) is 6.66. The van der Waals surface area contributed by atoms with Crippen LogP contribution in [0.2, 0.25) is 0 Å². The van der Waals surface area contributed by atoms with Crippen molar-refractivity contribution in [3.63, 3.8) is 0 Å². The highest BCUT2D eigenvalue weighted by atomic mass is 28.3. The smallest absolute Gasteiger partial charge is 0.240 e. The summed E-state index contributed by atoms with van der Waals surface area (Å²) >= 11 is 0. The molecule has 1 saturated carbocycles. The van der Waals surface area contributed by atoms with Crippen LogP contribution >= 0.6 is 0 Å². The third kappa shape index (κ3) is 6.16. The molecule has 0 N–H and O–H groups in total. The number of fused-ring (bicyclic) bond motifs is 6. The summed E-state index contributed by atoms with van der Waals surface area (Å²) in [5.74, 6) is 2.40. The lowest BCUT2D eigenvalue weighted by Gasteiger charge is -2.34.